The van der Waals surface area contributed by atoms with Crippen LogP contribution in [0.25, 0.3) is 0 Å². The van der Waals surface area contributed by atoms with Gasteiger partial charge in [0.2, 0.25) is 0 Å². The maximum Gasteiger partial charge on any atom is 0.101 e. The van der Waals surface area contributed by atoms with E-state index in [2.05, 4.69) is 41.9 Å². The number of aliphatic hydroxyl groups is 1. The first-order valence-corrected chi connectivity index (χ1v) is 6.61. The predicted molar refractivity (Wildman–Crippen MR) is 71.5 cm³/mol. The monoisotopic (exact) mass is 359 g/mol. The molecule has 0 aliphatic heterocycles. The Kier molecular flexibility index (Phi) is 3.96. The molecule has 0 aliphatic carbocycles. The van der Waals surface area contributed by atoms with Crippen LogP contribution in [0.2, 0.25) is 0 Å². The van der Waals surface area contributed by atoms with Gasteiger partial charge in [-0.25, -0.2) is 0 Å². The smallest absolute Gasteiger partial charge is 0.101 e. The highest BCUT2D eigenvalue weighted by molar-refractivity contribution is 9.11. The van der Waals surface area contributed by atoms with Crippen molar-refractivity contribution in [3.63, 3.8) is 0 Å². The molecule has 1 N–H and O–H groups in total. The van der Waals surface area contributed by atoms with Gasteiger partial charge in [0.15, 0.2) is 0 Å². The minimum absolute atomic E-state index is 0.501. The van der Waals surface area contributed by atoms with Crippen LogP contribution in [0, 0.1) is 0 Å². The molecule has 0 saturated carbocycles. The summed E-state index contributed by atoms with van der Waals surface area (Å²) in [5, 5.41) is 14.2. The molecular weight excluding hydrogens is 350 g/mol. The molecule has 2 rings (SSSR count). The van der Waals surface area contributed by atoms with Crippen molar-refractivity contribution >= 4 is 31.9 Å². The minimum atomic E-state index is -0.637. The van der Waals surface area contributed by atoms with Crippen molar-refractivity contribution in [3.8, 4) is 0 Å². The number of nitrogens with zero attached hydrogens (tertiary/aromatic N) is 3. The van der Waals surface area contributed by atoms with Crippen LogP contribution >= 0.6 is 31.9 Å². The molecule has 0 fully saturated rings. The van der Waals surface area contributed by atoms with E-state index >= 15 is 0 Å². The average Bonchev–Trinajstić information content (AvgIpc) is 2.63. The number of pyridine rings is 1. The number of rotatable bonds is 3. The Hall–Kier alpha value is -0.720. The molecule has 6 heteroatoms. The molecule has 0 amide bonds. The van der Waals surface area contributed by atoms with Crippen molar-refractivity contribution in [1.82, 2.24) is 14.8 Å². The van der Waals surface area contributed by atoms with Gasteiger partial charge in [0.05, 0.1) is 11.9 Å². The van der Waals surface area contributed by atoms with Crippen LogP contribution in [0.1, 0.15) is 17.4 Å². The van der Waals surface area contributed by atoms with Crippen LogP contribution < -0.4 is 0 Å². The van der Waals surface area contributed by atoms with E-state index in [0.29, 0.717) is 12.1 Å². The van der Waals surface area contributed by atoms with Crippen molar-refractivity contribution in [2.45, 2.75) is 12.5 Å². The molecule has 0 aliphatic rings. The summed E-state index contributed by atoms with van der Waals surface area (Å²) in [6.07, 6.45) is 5.17. The Morgan fingerprint density at radius 3 is 2.76 bits per heavy atom. The second kappa shape index (κ2) is 5.29. The van der Waals surface area contributed by atoms with E-state index in [0.717, 1.165) is 14.5 Å². The number of aryl methyl sites for hydroxylation is 1. The first-order valence-electron chi connectivity index (χ1n) is 5.03. The Morgan fingerprint density at radius 2 is 2.18 bits per heavy atom. The fourth-order valence-electron chi connectivity index (χ4n) is 1.57. The van der Waals surface area contributed by atoms with Gasteiger partial charge in [0, 0.05) is 34.8 Å². The third kappa shape index (κ3) is 3.14. The number of halogens is 2. The van der Waals surface area contributed by atoms with Crippen LogP contribution in [0.15, 0.2) is 33.6 Å². The lowest BCUT2D eigenvalue weighted by Crippen LogP contribution is -2.04. The molecule has 0 spiro atoms. The Morgan fingerprint density at radius 1 is 1.41 bits per heavy atom. The molecular formula is C11H11Br2N3O. The molecule has 0 aromatic carbocycles. The zero-order valence-electron chi connectivity index (χ0n) is 9.14. The molecule has 4 nitrogen and oxygen atoms in total. The normalized spacial score (nSPS) is 12.7. The van der Waals surface area contributed by atoms with Gasteiger partial charge in [-0.1, -0.05) is 0 Å². The van der Waals surface area contributed by atoms with Crippen molar-refractivity contribution in [3.05, 3.63) is 44.9 Å². The number of hydrogen-bond acceptors (Lipinski definition) is 3. The Balaban J connectivity index is 2.17. The zero-order valence-corrected chi connectivity index (χ0v) is 12.3. The summed E-state index contributed by atoms with van der Waals surface area (Å²) in [6.45, 7) is 0. The second-order valence-corrected chi connectivity index (χ2v) is 5.53. The van der Waals surface area contributed by atoms with Crippen LogP contribution in [0.5, 0.6) is 0 Å². The third-order valence-corrected chi connectivity index (χ3v) is 3.41. The average molecular weight is 361 g/mol. The lowest BCUT2D eigenvalue weighted by molar-refractivity contribution is 0.172. The quantitative estimate of drug-likeness (QED) is 0.915. The highest BCUT2D eigenvalue weighted by Crippen LogP contribution is 2.26. The van der Waals surface area contributed by atoms with Crippen molar-refractivity contribution in [1.29, 1.82) is 0 Å². The molecule has 1 atom stereocenters. The standard InChI is InChI=1S/C11H11Br2N3O/c1-16-6-7(4-15-16)2-10(17)11-9(13)3-8(12)5-14-11/h3-6,10,17H,2H2,1H3. The Labute approximate surface area is 116 Å². The van der Waals surface area contributed by atoms with Gasteiger partial charge in [-0.15, -0.1) is 0 Å². The summed E-state index contributed by atoms with van der Waals surface area (Å²) in [5.41, 5.74) is 1.62. The fourth-order valence-corrected chi connectivity index (χ4v) is 2.82. The fraction of sp³-hybridized carbons (Fsp3) is 0.273. The lowest BCUT2D eigenvalue weighted by atomic mass is 10.1. The molecule has 0 saturated heterocycles. The van der Waals surface area contributed by atoms with Gasteiger partial charge in [-0.05, 0) is 43.5 Å². The van der Waals surface area contributed by atoms with Gasteiger partial charge < -0.3 is 5.11 Å². The van der Waals surface area contributed by atoms with Gasteiger partial charge >= 0.3 is 0 Å². The van der Waals surface area contributed by atoms with Gasteiger partial charge in [0.25, 0.3) is 0 Å². The van der Waals surface area contributed by atoms with Gasteiger partial charge in [-0.3, -0.25) is 9.67 Å². The third-order valence-electron chi connectivity index (χ3n) is 2.34. The summed E-state index contributed by atoms with van der Waals surface area (Å²) >= 11 is 6.72. The molecule has 17 heavy (non-hydrogen) atoms. The highest BCUT2D eigenvalue weighted by Gasteiger charge is 2.14. The van der Waals surface area contributed by atoms with Gasteiger partial charge in [-0.2, -0.15) is 5.10 Å². The molecule has 0 bridgehead atoms. The maximum atomic E-state index is 10.1. The Bertz CT molecular complexity index is 527. The highest BCUT2D eigenvalue weighted by atomic mass is 79.9. The first-order chi connectivity index (χ1) is 8.06. The summed E-state index contributed by atoms with van der Waals surface area (Å²) in [6, 6.07) is 1.87. The molecule has 2 aromatic heterocycles. The summed E-state index contributed by atoms with van der Waals surface area (Å²) in [7, 11) is 1.85. The number of aromatic nitrogens is 3. The maximum absolute atomic E-state index is 10.1. The van der Waals surface area contributed by atoms with Crippen LogP contribution in [0.3, 0.4) is 0 Å². The van der Waals surface area contributed by atoms with E-state index in [1.165, 1.54) is 0 Å². The molecule has 90 valence electrons. The molecule has 0 radical (unpaired) electrons. The van der Waals surface area contributed by atoms with E-state index < -0.39 is 6.10 Å². The summed E-state index contributed by atoms with van der Waals surface area (Å²) < 4.78 is 3.39. The summed E-state index contributed by atoms with van der Waals surface area (Å²) in [5.74, 6) is 0. The number of aliphatic hydroxyl groups excluding tert-OH is 1. The lowest BCUT2D eigenvalue weighted by Gasteiger charge is -2.10. The van der Waals surface area contributed by atoms with Crippen LogP contribution in [0.4, 0.5) is 0 Å². The van der Waals surface area contributed by atoms with Crippen molar-refractivity contribution < 1.29 is 5.11 Å². The van der Waals surface area contributed by atoms with E-state index in [1.54, 1.807) is 17.1 Å². The summed E-state index contributed by atoms with van der Waals surface area (Å²) in [4.78, 5) is 4.21. The van der Waals surface area contributed by atoms with Crippen molar-refractivity contribution in [2.24, 2.45) is 7.05 Å². The van der Waals surface area contributed by atoms with E-state index in [9.17, 15) is 5.11 Å². The minimum Gasteiger partial charge on any atom is -0.386 e. The second-order valence-electron chi connectivity index (χ2n) is 3.76. The molecule has 1 unspecified atom stereocenters. The molecule has 2 aromatic rings. The topological polar surface area (TPSA) is 50.9 Å². The van der Waals surface area contributed by atoms with Crippen molar-refractivity contribution in [2.75, 3.05) is 0 Å². The van der Waals surface area contributed by atoms with Gasteiger partial charge in [0.1, 0.15) is 6.10 Å². The van der Waals surface area contributed by atoms with Crippen LogP contribution in [-0.2, 0) is 13.5 Å². The van der Waals surface area contributed by atoms with Crippen LogP contribution in [-0.4, -0.2) is 19.9 Å². The SMILES string of the molecule is Cn1cc(CC(O)c2ncc(Br)cc2Br)cn1. The first kappa shape index (κ1) is 12.7. The van der Waals surface area contributed by atoms with E-state index in [4.69, 9.17) is 0 Å². The van der Waals surface area contributed by atoms with E-state index in [-0.39, 0.29) is 0 Å². The molecule has 2 heterocycles. The largest absolute Gasteiger partial charge is 0.386 e. The number of hydrogen-bond donors (Lipinski definition) is 1. The van der Waals surface area contributed by atoms with E-state index in [1.807, 2.05) is 19.3 Å². The predicted octanol–water partition coefficient (Wildman–Crippen LogP) is 2.62. The zero-order chi connectivity index (χ0) is 12.4.